The minimum absolute atomic E-state index is 0.102. The van der Waals surface area contributed by atoms with Gasteiger partial charge in [0, 0.05) is 24.2 Å². The van der Waals surface area contributed by atoms with E-state index in [1.54, 1.807) is 0 Å². The first-order valence-corrected chi connectivity index (χ1v) is 7.63. The smallest absolute Gasteiger partial charge is 0.313 e. The molecular formula is C11H24O2S. The molecule has 0 heterocycles. The van der Waals surface area contributed by atoms with E-state index in [1.807, 2.05) is 0 Å². The normalized spacial score (nSPS) is 12.6. The summed E-state index contributed by atoms with van der Waals surface area (Å²) in [7, 11) is -1.10. The Morgan fingerprint density at radius 3 is 1.57 bits per heavy atom. The summed E-state index contributed by atoms with van der Waals surface area (Å²) in [4.78, 5) is 11.1. The van der Waals surface area contributed by atoms with Crippen LogP contribution in [0.15, 0.2) is 0 Å². The molecule has 0 saturated heterocycles. The van der Waals surface area contributed by atoms with Crippen LogP contribution < -0.4 is 0 Å². The minimum Gasteiger partial charge on any atom is -0.416 e. The summed E-state index contributed by atoms with van der Waals surface area (Å²) < 4.78 is 5.60. The third-order valence-corrected chi connectivity index (χ3v) is 6.07. The SMILES string of the molecule is CCCS(CCC)(CCC)OC(C)=O. The van der Waals surface area contributed by atoms with Crippen LogP contribution in [-0.2, 0) is 8.98 Å². The fraction of sp³-hybridized carbons (Fsp3) is 0.909. The lowest BCUT2D eigenvalue weighted by atomic mass is 10.6. The van der Waals surface area contributed by atoms with Gasteiger partial charge >= 0.3 is 5.97 Å². The monoisotopic (exact) mass is 220 g/mol. The highest BCUT2D eigenvalue weighted by molar-refractivity contribution is 8.30. The van der Waals surface area contributed by atoms with Crippen molar-refractivity contribution in [1.29, 1.82) is 0 Å². The molecule has 86 valence electrons. The fourth-order valence-corrected chi connectivity index (χ4v) is 5.39. The second kappa shape index (κ2) is 7.16. The van der Waals surface area contributed by atoms with E-state index in [0.29, 0.717) is 0 Å². The minimum atomic E-state index is -1.10. The molecule has 0 aliphatic carbocycles. The van der Waals surface area contributed by atoms with Crippen LogP contribution in [0.3, 0.4) is 0 Å². The Labute approximate surface area is 89.9 Å². The molecule has 0 aliphatic heterocycles. The Hall–Kier alpha value is -0.180. The molecule has 2 nitrogen and oxygen atoms in total. The van der Waals surface area contributed by atoms with Gasteiger partial charge in [0.2, 0.25) is 0 Å². The average molecular weight is 220 g/mol. The van der Waals surface area contributed by atoms with Gasteiger partial charge in [0.15, 0.2) is 0 Å². The zero-order valence-electron chi connectivity index (χ0n) is 9.97. The van der Waals surface area contributed by atoms with Gasteiger partial charge in [-0.2, -0.15) is 0 Å². The Morgan fingerprint density at radius 1 is 1.00 bits per heavy atom. The lowest BCUT2D eigenvalue weighted by Crippen LogP contribution is -2.18. The van der Waals surface area contributed by atoms with E-state index in [9.17, 15) is 4.79 Å². The maximum Gasteiger partial charge on any atom is 0.313 e. The Bertz CT molecular complexity index is 152. The molecule has 3 heteroatoms. The van der Waals surface area contributed by atoms with Gasteiger partial charge in [-0.25, -0.2) is 0 Å². The second-order valence-electron chi connectivity index (χ2n) is 3.65. The number of hydrogen-bond donors (Lipinski definition) is 0. The molecular weight excluding hydrogens is 196 g/mol. The largest absolute Gasteiger partial charge is 0.416 e. The first-order chi connectivity index (χ1) is 6.60. The number of carbonyl (C=O) groups is 1. The van der Waals surface area contributed by atoms with Gasteiger partial charge in [0.1, 0.15) is 0 Å². The highest BCUT2D eigenvalue weighted by atomic mass is 32.3. The summed E-state index contributed by atoms with van der Waals surface area (Å²) in [6.45, 7) is 8.02. The molecule has 0 aromatic rings. The molecule has 0 radical (unpaired) electrons. The van der Waals surface area contributed by atoms with Crippen LogP contribution in [0, 0.1) is 0 Å². The first kappa shape index (κ1) is 13.8. The summed E-state index contributed by atoms with van der Waals surface area (Å²) in [6, 6.07) is 0. The van der Waals surface area contributed by atoms with Crippen molar-refractivity contribution in [3.63, 3.8) is 0 Å². The third kappa shape index (κ3) is 4.89. The molecule has 0 aromatic heterocycles. The summed E-state index contributed by atoms with van der Waals surface area (Å²) in [5.41, 5.74) is 0. The molecule has 0 unspecified atom stereocenters. The Kier molecular flexibility index (Phi) is 7.06. The van der Waals surface area contributed by atoms with Gasteiger partial charge in [-0.15, -0.1) is 0 Å². The first-order valence-electron chi connectivity index (χ1n) is 5.56. The Morgan fingerprint density at radius 2 is 1.36 bits per heavy atom. The van der Waals surface area contributed by atoms with Crippen molar-refractivity contribution in [3.05, 3.63) is 0 Å². The van der Waals surface area contributed by atoms with Gasteiger partial charge in [0.05, 0.1) is 0 Å². The Balaban J connectivity index is 4.45. The van der Waals surface area contributed by atoms with Gasteiger partial charge < -0.3 is 4.18 Å². The number of hydrogen-bond acceptors (Lipinski definition) is 2. The van der Waals surface area contributed by atoms with Gasteiger partial charge in [-0.05, 0) is 19.3 Å². The van der Waals surface area contributed by atoms with Crippen LogP contribution in [0.1, 0.15) is 47.0 Å². The molecule has 0 bridgehead atoms. The van der Waals surface area contributed by atoms with E-state index in [1.165, 1.54) is 6.92 Å². The predicted octanol–water partition coefficient (Wildman–Crippen LogP) is 3.50. The second-order valence-corrected chi connectivity index (χ2v) is 6.98. The van der Waals surface area contributed by atoms with Crippen LogP contribution in [-0.4, -0.2) is 23.2 Å². The molecule has 0 atom stereocenters. The van der Waals surface area contributed by atoms with Crippen molar-refractivity contribution in [2.24, 2.45) is 0 Å². The number of carbonyl (C=O) groups excluding carboxylic acids is 1. The van der Waals surface area contributed by atoms with Crippen LogP contribution >= 0.6 is 10.3 Å². The van der Waals surface area contributed by atoms with Crippen molar-refractivity contribution in [2.75, 3.05) is 17.3 Å². The lowest BCUT2D eigenvalue weighted by Gasteiger charge is -2.38. The summed E-state index contributed by atoms with van der Waals surface area (Å²) in [6.07, 6.45) is 3.34. The zero-order valence-corrected chi connectivity index (χ0v) is 10.8. The van der Waals surface area contributed by atoms with Crippen molar-refractivity contribution in [1.82, 2.24) is 0 Å². The molecule has 0 spiro atoms. The average Bonchev–Trinajstić information content (AvgIpc) is 2.03. The molecule has 0 aliphatic rings. The van der Waals surface area contributed by atoms with Gasteiger partial charge in [-0.1, -0.05) is 31.1 Å². The summed E-state index contributed by atoms with van der Waals surface area (Å²) in [5, 5.41) is 0. The van der Waals surface area contributed by atoms with Crippen molar-refractivity contribution in [3.8, 4) is 0 Å². The summed E-state index contributed by atoms with van der Waals surface area (Å²) in [5.74, 6) is 3.13. The molecule has 0 aromatic carbocycles. The summed E-state index contributed by atoms with van der Waals surface area (Å²) >= 11 is 0. The van der Waals surface area contributed by atoms with E-state index in [-0.39, 0.29) is 5.97 Å². The molecule has 14 heavy (non-hydrogen) atoms. The fourth-order valence-electron chi connectivity index (χ4n) is 1.80. The molecule has 0 rings (SSSR count). The highest BCUT2D eigenvalue weighted by Crippen LogP contribution is 2.50. The molecule has 0 fully saturated rings. The van der Waals surface area contributed by atoms with Crippen LogP contribution in [0.25, 0.3) is 0 Å². The van der Waals surface area contributed by atoms with E-state index in [0.717, 1.165) is 36.5 Å². The highest BCUT2D eigenvalue weighted by Gasteiger charge is 2.24. The van der Waals surface area contributed by atoms with Crippen LogP contribution in [0.2, 0.25) is 0 Å². The van der Waals surface area contributed by atoms with Gasteiger partial charge in [0.25, 0.3) is 0 Å². The third-order valence-electron chi connectivity index (χ3n) is 2.02. The standard InChI is InChI=1S/C11H24O2S/c1-5-8-14(9-6-2,10-7-3)13-11(4)12/h5-10H2,1-4H3. The molecule has 0 amide bonds. The zero-order chi connectivity index (χ0) is 11.0. The van der Waals surface area contributed by atoms with E-state index < -0.39 is 10.3 Å². The maximum absolute atomic E-state index is 11.1. The molecule has 0 saturated carbocycles. The predicted molar refractivity (Wildman–Crippen MR) is 64.8 cm³/mol. The van der Waals surface area contributed by atoms with Crippen molar-refractivity contribution >= 4 is 16.3 Å². The van der Waals surface area contributed by atoms with Gasteiger partial charge in [-0.3, -0.25) is 4.79 Å². The maximum atomic E-state index is 11.1. The van der Waals surface area contributed by atoms with Crippen molar-refractivity contribution in [2.45, 2.75) is 47.0 Å². The number of rotatable bonds is 7. The lowest BCUT2D eigenvalue weighted by molar-refractivity contribution is -0.131. The van der Waals surface area contributed by atoms with Crippen LogP contribution in [0.5, 0.6) is 0 Å². The quantitative estimate of drug-likeness (QED) is 0.656. The van der Waals surface area contributed by atoms with E-state index in [2.05, 4.69) is 20.8 Å². The topological polar surface area (TPSA) is 26.3 Å². The molecule has 0 N–H and O–H groups in total. The van der Waals surface area contributed by atoms with Crippen molar-refractivity contribution < 1.29 is 8.98 Å². The van der Waals surface area contributed by atoms with E-state index >= 15 is 0 Å². The van der Waals surface area contributed by atoms with E-state index in [4.69, 9.17) is 4.18 Å². The van der Waals surface area contributed by atoms with Crippen LogP contribution in [0.4, 0.5) is 0 Å².